The van der Waals surface area contributed by atoms with Crippen molar-refractivity contribution in [1.82, 2.24) is 0 Å². The van der Waals surface area contributed by atoms with Crippen LogP contribution in [0, 0.1) is 0 Å². The number of hydrogen-bond donors (Lipinski definition) is 0. The highest BCUT2D eigenvalue weighted by Gasteiger charge is 1.99. The van der Waals surface area contributed by atoms with Gasteiger partial charge >= 0.3 is 5.97 Å². The molecular weight excluding hydrogens is 164 g/mol. The third-order valence-electron chi connectivity index (χ3n) is 1.68. The molecule has 0 heterocycles. The minimum Gasteiger partial charge on any atom is -0.465 e. The van der Waals surface area contributed by atoms with Crippen molar-refractivity contribution in [2.75, 3.05) is 6.61 Å². The van der Waals surface area contributed by atoms with Gasteiger partial charge in [-0.2, -0.15) is 0 Å². The highest BCUT2D eigenvalue weighted by molar-refractivity contribution is 5.69. The van der Waals surface area contributed by atoms with Crippen LogP contribution in [0.4, 0.5) is 0 Å². The summed E-state index contributed by atoms with van der Waals surface area (Å²) in [5.41, 5.74) is 0. The Morgan fingerprint density at radius 2 is 2.08 bits per heavy atom. The van der Waals surface area contributed by atoms with E-state index in [9.17, 15) is 4.79 Å². The molecule has 0 aromatic carbocycles. The van der Waals surface area contributed by atoms with Crippen LogP contribution < -0.4 is 0 Å². The summed E-state index contributed by atoms with van der Waals surface area (Å²) in [5.74, 6) is -0.0632. The van der Waals surface area contributed by atoms with Crippen LogP contribution in [-0.4, -0.2) is 12.6 Å². The molecule has 0 aliphatic heterocycles. The Morgan fingerprint density at radius 1 is 1.31 bits per heavy atom. The predicted octanol–water partition coefficient (Wildman–Crippen LogP) is 3.08. The van der Waals surface area contributed by atoms with E-state index in [-0.39, 0.29) is 5.97 Å². The van der Waals surface area contributed by atoms with E-state index < -0.39 is 0 Å². The number of esters is 1. The first-order chi connectivity index (χ1) is 6.31. The average Bonchev–Trinajstić information content (AvgIpc) is 2.14. The fourth-order valence-electron chi connectivity index (χ4n) is 0.919. The summed E-state index contributed by atoms with van der Waals surface area (Å²) >= 11 is 0. The molecule has 13 heavy (non-hydrogen) atoms. The fraction of sp³-hybridized carbons (Fsp3) is 0.727. The Hall–Kier alpha value is -0.790. The molecule has 0 radical (unpaired) electrons. The molecular formula is C11H20O2. The van der Waals surface area contributed by atoms with E-state index in [2.05, 4.69) is 19.9 Å². The fourth-order valence-corrected chi connectivity index (χ4v) is 0.919. The Labute approximate surface area is 81.0 Å². The normalized spacial score (nSPS) is 10.6. The lowest BCUT2D eigenvalue weighted by Crippen LogP contribution is -2.04. The van der Waals surface area contributed by atoms with E-state index in [0.29, 0.717) is 13.0 Å². The summed E-state index contributed by atoms with van der Waals surface area (Å²) in [4.78, 5) is 11.0. The van der Waals surface area contributed by atoms with Crippen LogP contribution in [0.5, 0.6) is 0 Å². The summed E-state index contributed by atoms with van der Waals surface area (Å²) in [5, 5.41) is 0. The highest BCUT2D eigenvalue weighted by atomic mass is 16.5. The second-order valence-corrected chi connectivity index (χ2v) is 2.99. The number of carbonyl (C=O) groups is 1. The maximum Gasteiger partial charge on any atom is 0.305 e. The molecule has 0 aromatic heterocycles. The van der Waals surface area contributed by atoms with Crippen LogP contribution in [0.25, 0.3) is 0 Å². The minimum absolute atomic E-state index is 0.0632. The van der Waals surface area contributed by atoms with Gasteiger partial charge in [-0.25, -0.2) is 0 Å². The van der Waals surface area contributed by atoms with Crippen molar-refractivity contribution < 1.29 is 9.53 Å². The zero-order valence-electron chi connectivity index (χ0n) is 8.71. The molecule has 0 saturated carbocycles. The van der Waals surface area contributed by atoms with Crippen LogP contribution >= 0.6 is 0 Å². The summed E-state index contributed by atoms with van der Waals surface area (Å²) in [6, 6.07) is 0. The van der Waals surface area contributed by atoms with Crippen molar-refractivity contribution in [3.8, 4) is 0 Å². The lowest BCUT2D eigenvalue weighted by Gasteiger charge is -2.01. The smallest absolute Gasteiger partial charge is 0.305 e. The van der Waals surface area contributed by atoms with Crippen molar-refractivity contribution in [2.24, 2.45) is 0 Å². The molecule has 0 saturated heterocycles. The van der Waals surface area contributed by atoms with Gasteiger partial charge < -0.3 is 4.74 Å². The molecule has 0 rings (SSSR count). The van der Waals surface area contributed by atoms with E-state index in [1.165, 1.54) is 0 Å². The zero-order valence-corrected chi connectivity index (χ0v) is 8.71. The first kappa shape index (κ1) is 12.2. The molecule has 0 unspecified atom stereocenters. The maximum absolute atomic E-state index is 11.0. The Bertz CT molecular complexity index is 150. The first-order valence-corrected chi connectivity index (χ1v) is 5.11. The molecule has 0 atom stereocenters. The Morgan fingerprint density at radius 3 is 2.69 bits per heavy atom. The van der Waals surface area contributed by atoms with Crippen molar-refractivity contribution in [1.29, 1.82) is 0 Å². The van der Waals surface area contributed by atoms with Crippen LogP contribution in [-0.2, 0) is 9.53 Å². The number of unbranched alkanes of at least 4 members (excludes halogenated alkanes) is 1. The minimum atomic E-state index is -0.0632. The summed E-state index contributed by atoms with van der Waals surface area (Å²) in [6.07, 6.45) is 8.56. The topological polar surface area (TPSA) is 26.3 Å². The van der Waals surface area contributed by atoms with E-state index in [1.54, 1.807) is 0 Å². The Kier molecular flexibility index (Phi) is 8.73. The molecule has 0 aliphatic rings. The number of ether oxygens (including phenoxy) is 1. The SMILES string of the molecule is CC/C=C\CCOC(=O)CCCC. The molecule has 0 N–H and O–H groups in total. The van der Waals surface area contributed by atoms with Crippen LogP contribution in [0.3, 0.4) is 0 Å². The van der Waals surface area contributed by atoms with Crippen molar-refractivity contribution in [2.45, 2.75) is 46.0 Å². The van der Waals surface area contributed by atoms with Gasteiger partial charge in [-0.3, -0.25) is 4.79 Å². The Balaban J connectivity index is 3.21. The molecule has 0 aliphatic carbocycles. The van der Waals surface area contributed by atoms with Gasteiger partial charge in [0.1, 0.15) is 0 Å². The maximum atomic E-state index is 11.0. The standard InChI is InChI=1S/C11H20O2/c1-3-5-7-8-10-13-11(12)9-6-4-2/h5,7H,3-4,6,8-10H2,1-2H3/b7-5-. The number of hydrogen-bond acceptors (Lipinski definition) is 2. The highest BCUT2D eigenvalue weighted by Crippen LogP contribution is 1.97. The van der Waals surface area contributed by atoms with Crippen LogP contribution in [0.1, 0.15) is 46.0 Å². The number of rotatable bonds is 7. The van der Waals surface area contributed by atoms with E-state index >= 15 is 0 Å². The van der Waals surface area contributed by atoms with Gasteiger partial charge in [0.25, 0.3) is 0 Å². The third kappa shape index (κ3) is 9.12. The van der Waals surface area contributed by atoms with Crippen LogP contribution in [0.15, 0.2) is 12.2 Å². The second kappa shape index (κ2) is 9.30. The van der Waals surface area contributed by atoms with Gasteiger partial charge in [0.05, 0.1) is 6.61 Å². The van der Waals surface area contributed by atoms with Crippen molar-refractivity contribution >= 4 is 5.97 Å². The van der Waals surface area contributed by atoms with E-state index in [1.807, 2.05) is 6.08 Å². The van der Waals surface area contributed by atoms with Crippen molar-refractivity contribution in [3.05, 3.63) is 12.2 Å². The summed E-state index contributed by atoms with van der Waals surface area (Å²) in [6.45, 7) is 4.68. The second-order valence-electron chi connectivity index (χ2n) is 2.99. The van der Waals surface area contributed by atoms with E-state index in [4.69, 9.17) is 4.74 Å². The quantitative estimate of drug-likeness (QED) is 0.345. The molecule has 2 heteroatoms. The molecule has 0 spiro atoms. The van der Waals surface area contributed by atoms with Gasteiger partial charge in [0.15, 0.2) is 0 Å². The molecule has 0 bridgehead atoms. The van der Waals surface area contributed by atoms with Crippen molar-refractivity contribution in [3.63, 3.8) is 0 Å². The van der Waals surface area contributed by atoms with Gasteiger partial charge in [0, 0.05) is 6.42 Å². The third-order valence-corrected chi connectivity index (χ3v) is 1.68. The summed E-state index contributed by atoms with van der Waals surface area (Å²) < 4.78 is 5.00. The predicted molar refractivity (Wildman–Crippen MR) is 54.5 cm³/mol. The number of allylic oxidation sites excluding steroid dienone is 1. The molecule has 0 aromatic rings. The molecule has 0 fully saturated rings. The summed E-state index contributed by atoms with van der Waals surface area (Å²) in [7, 11) is 0. The van der Waals surface area contributed by atoms with Gasteiger partial charge in [-0.15, -0.1) is 0 Å². The lowest BCUT2D eigenvalue weighted by molar-refractivity contribution is -0.143. The molecule has 2 nitrogen and oxygen atoms in total. The molecule has 76 valence electrons. The first-order valence-electron chi connectivity index (χ1n) is 5.11. The largest absolute Gasteiger partial charge is 0.465 e. The average molecular weight is 184 g/mol. The van der Waals surface area contributed by atoms with E-state index in [0.717, 1.165) is 25.7 Å². The van der Waals surface area contributed by atoms with Gasteiger partial charge in [0.2, 0.25) is 0 Å². The monoisotopic (exact) mass is 184 g/mol. The number of carbonyl (C=O) groups excluding carboxylic acids is 1. The lowest BCUT2D eigenvalue weighted by atomic mass is 10.2. The van der Waals surface area contributed by atoms with Gasteiger partial charge in [-0.1, -0.05) is 32.4 Å². The van der Waals surface area contributed by atoms with Gasteiger partial charge in [-0.05, 0) is 19.3 Å². The molecule has 0 amide bonds. The van der Waals surface area contributed by atoms with Crippen LogP contribution in [0.2, 0.25) is 0 Å². The zero-order chi connectivity index (χ0) is 9.94.